The number of halogens is 3. The van der Waals surface area contributed by atoms with Crippen molar-refractivity contribution < 1.29 is 8.78 Å². The zero-order chi connectivity index (χ0) is 13.0. The Morgan fingerprint density at radius 2 is 2.11 bits per heavy atom. The molecule has 0 unspecified atom stereocenters. The first-order valence-corrected chi connectivity index (χ1v) is 5.77. The van der Waals surface area contributed by atoms with E-state index in [0.717, 1.165) is 5.69 Å². The molecule has 0 fully saturated rings. The highest BCUT2D eigenvalue weighted by Gasteiger charge is 2.08. The van der Waals surface area contributed by atoms with Crippen molar-refractivity contribution in [2.24, 2.45) is 0 Å². The van der Waals surface area contributed by atoms with Crippen molar-refractivity contribution >= 4 is 18.1 Å². The van der Waals surface area contributed by atoms with Gasteiger partial charge in [-0.05, 0) is 6.92 Å². The molecule has 0 aliphatic heterocycles. The Kier molecular flexibility index (Phi) is 5.75. The number of nitrogens with one attached hydrogen (secondary N) is 1. The number of hydrogen-bond donors (Lipinski definition) is 1. The van der Waals surface area contributed by atoms with Gasteiger partial charge in [0, 0.05) is 24.8 Å². The van der Waals surface area contributed by atoms with Crippen LogP contribution in [0.3, 0.4) is 0 Å². The van der Waals surface area contributed by atoms with Crippen molar-refractivity contribution in [1.82, 2.24) is 19.6 Å². The SMILES string of the molecule is CCn1ncc(CNc2cnn(CCF)c2)c1F.Cl. The van der Waals surface area contributed by atoms with Gasteiger partial charge in [-0.1, -0.05) is 0 Å². The van der Waals surface area contributed by atoms with Gasteiger partial charge in [-0.25, -0.2) is 9.07 Å². The summed E-state index contributed by atoms with van der Waals surface area (Å²) in [5.74, 6) is -0.332. The van der Waals surface area contributed by atoms with Gasteiger partial charge in [0.1, 0.15) is 6.67 Å². The molecular formula is C11H16ClF2N5. The fraction of sp³-hybridized carbons (Fsp3) is 0.455. The molecule has 0 spiro atoms. The lowest BCUT2D eigenvalue weighted by Gasteiger charge is -2.01. The van der Waals surface area contributed by atoms with Crippen LogP contribution in [0, 0.1) is 5.95 Å². The summed E-state index contributed by atoms with van der Waals surface area (Å²) in [4.78, 5) is 0. The number of anilines is 1. The number of alkyl halides is 1. The predicted molar refractivity (Wildman–Crippen MR) is 70.6 cm³/mol. The molecule has 19 heavy (non-hydrogen) atoms. The summed E-state index contributed by atoms with van der Waals surface area (Å²) in [7, 11) is 0. The third-order valence-corrected chi connectivity index (χ3v) is 2.57. The van der Waals surface area contributed by atoms with E-state index in [1.54, 1.807) is 12.4 Å². The minimum Gasteiger partial charge on any atom is -0.378 e. The van der Waals surface area contributed by atoms with Crippen molar-refractivity contribution in [2.75, 3.05) is 12.0 Å². The standard InChI is InChI=1S/C11H15F2N5.ClH/c1-2-18-11(13)9(6-16-18)5-14-10-7-15-17(8-10)4-3-12;/h6-8,14H,2-5H2,1H3;1H. The van der Waals surface area contributed by atoms with Crippen LogP contribution in [0.2, 0.25) is 0 Å². The molecule has 0 aliphatic rings. The van der Waals surface area contributed by atoms with E-state index in [2.05, 4.69) is 15.5 Å². The van der Waals surface area contributed by atoms with Gasteiger partial charge in [0.05, 0.1) is 24.6 Å². The predicted octanol–water partition coefficient (Wildman–Crippen LogP) is 2.24. The van der Waals surface area contributed by atoms with Crippen LogP contribution in [-0.2, 0) is 19.6 Å². The fourth-order valence-electron chi connectivity index (χ4n) is 1.61. The van der Waals surface area contributed by atoms with E-state index in [9.17, 15) is 8.78 Å². The largest absolute Gasteiger partial charge is 0.378 e. The topological polar surface area (TPSA) is 47.7 Å². The average molecular weight is 292 g/mol. The summed E-state index contributed by atoms with van der Waals surface area (Å²) in [5.41, 5.74) is 1.22. The van der Waals surface area contributed by atoms with E-state index in [4.69, 9.17) is 0 Å². The van der Waals surface area contributed by atoms with Crippen LogP contribution >= 0.6 is 12.4 Å². The molecule has 0 atom stereocenters. The van der Waals surface area contributed by atoms with Crippen molar-refractivity contribution in [1.29, 1.82) is 0 Å². The number of aromatic nitrogens is 4. The van der Waals surface area contributed by atoms with Gasteiger partial charge < -0.3 is 5.32 Å². The van der Waals surface area contributed by atoms with Gasteiger partial charge in [-0.2, -0.15) is 14.6 Å². The fourth-order valence-corrected chi connectivity index (χ4v) is 1.61. The summed E-state index contributed by atoms with van der Waals surface area (Å²) < 4.78 is 28.5. The zero-order valence-corrected chi connectivity index (χ0v) is 11.3. The molecular weight excluding hydrogens is 276 g/mol. The Morgan fingerprint density at radius 1 is 1.32 bits per heavy atom. The molecule has 2 aromatic rings. The number of nitrogens with zero attached hydrogens (tertiary/aromatic N) is 4. The van der Waals surface area contributed by atoms with Crippen molar-refractivity contribution in [3.05, 3.63) is 30.1 Å². The summed E-state index contributed by atoms with van der Waals surface area (Å²) in [5, 5.41) is 10.9. The van der Waals surface area contributed by atoms with E-state index in [0.29, 0.717) is 18.7 Å². The molecule has 2 rings (SSSR count). The third-order valence-electron chi connectivity index (χ3n) is 2.57. The molecule has 0 aromatic carbocycles. The normalized spacial score (nSPS) is 10.3. The van der Waals surface area contributed by atoms with E-state index in [-0.39, 0.29) is 24.9 Å². The summed E-state index contributed by atoms with van der Waals surface area (Å²) in [6, 6.07) is 0. The van der Waals surface area contributed by atoms with Crippen LogP contribution in [0.4, 0.5) is 14.5 Å². The first-order chi connectivity index (χ1) is 8.74. The van der Waals surface area contributed by atoms with Gasteiger partial charge in [-0.3, -0.25) is 4.68 Å². The monoisotopic (exact) mass is 291 g/mol. The molecule has 2 aromatic heterocycles. The number of rotatable bonds is 6. The maximum atomic E-state index is 13.7. The Balaban J connectivity index is 0.00000180. The van der Waals surface area contributed by atoms with Gasteiger partial charge in [0.25, 0.3) is 0 Å². The van der Waals surface area contributed by atoms with E-state index < -0.39 is 6.67 Å². The lowest BCUT2D eigenvalue weighted by molar-refractivity contribution is 0.427. The van der Waals surface area contributed by atoms with Crippen molar-refractivity contribution in [2.45, 2.75) is 26.6 Å². The van der Waals surface area contributed by atoms with Crippen LogP contribution in [0.15, 0.2) is 18.6 Å². The molecule has 1 N–H and O–H groups in total. The molecule has 0 saturated carbocycles. The highest BCUT2D eigenvalue weighted by Crippen LogP contribution is 2.11. The number of aryl methyl sites for hydroxylation is 2. The smallest absolute Gasteiger partial charge is 0.216 e. The molecule has 5 nitrogen and oxygen atoms in total. The lowest BCUT2D eigenvalue weighted by atomic mass is 10.3. The van der Waals surface area contributed by atoms with Gasteiger partial charge in [-0.15, -0.1) is 12.4 Å². The second kappa shape index (κ2) is 7.08. The second-order valence-corrected chi connectivity index (χ2v) is 3.81. The minimum atomic E-state index is -0.459. The van der Waals surface area contributed by atoms with Crippen LogP contribution < -0.4 is 5.32 Å². The van der Waals surface area contributed by atoms with E-state index in [1.165, 1.54) is 15.6 Å². The van der Waals surface area contributed by atoms with Crippen LogP contribution in [0.25, 0.3) is 0 Å². The molecule has 0 saturated heterocycles. The molecule has 0 bridgehead atoms. The molecule has 106 valence electrons. The highest BCUT2D eigenvalue weighted by molar-refractivity contribution is 5.85. The van der Waals surface area contributed by atoms with Crippen LogP contribution in [0.1, 0.15) is 12.5 Å². The quantitative estimate of drug-likeness (QED) is 0.888. The highest BCUT2D eigenvalue weighted by atomic mass is 35.5. The average Bonchev–Trinajstić information content (AvgIpc) is 2.94. The summed E-state index contributed by atoms with van der Waals surface area (Å²) in [6.45, 7) is 2.42. The van der Waals surface area contributed by atoms with Gasteiger partial charge in [0.2, 0.25) is 5.95 Å². The summed E-state index contributed by atoms with van der Waals surface area (Å²) >= 11 is 0. The number of hydrogen-bond acceptors (Lipinski definition) is 3. The van der Waals surface area contributed by atoms with Crippen molar-refractivity contribution in [3.8, 4) is 0 Å². The Hall–Kier alpha value is -1.63. The zero-order valence-electron chi connectivity index (χ0n) is 10.5. The first kappa shape index (κ1) is 15.4. The van der Waals surface area contributed by atoms with E-state index >= 15 is 0 Å². The minimum absolute atomic E-state index is 0. The van der Waals surface area contributed by atoms with E-state index in [1.807, 2.05) is 6.92 Å². The Labute approximate surface area is 116 Å². The maximum Gasteiger partial charge on any atom is 0.216 e. The Bertz CT molecular complexity index is 511. The summed E-state index contributed by atoms with van der Waals surface area (Å²) in [6.07, 6.45) is 4.76. The van der Waals surface area contributed by atoms with Gasteiger partial charge >= 0.3 is 0 Å². The van der Waals surface area contributed by atoms with Crippen molar-refractivity contribution in [3.63, 3.8) is 0 Å². The molecule has 2 heterocycles. The third kappa shape index (κ3) is 3.66. The Morgan fingerprint density at radius 3 is 2.74 bits per heavy atom. The molecule has 0 amide bonds. The first-order valence-electron chi connectivity index (χ1n) is 5.77. The molecule has 0 aliphatic carbocycles. The lowest BCUT2D eigenvalue weighted by Crippen LogP contribution is -2.04. The van der Waals surface area contributed by atoms with Crippen LogP contribution in [-0.4, -0.2) is 26.2 Å². The van der Waals surface area contributed by atoms with Gasteiger partial charge in [0.15, 0.2) is 0 Å². The maximum absolute atomic E-state index is 13.7. The van der Waals surface area contributed by atoms with Crippen LogP contribution in [0.5, 0.6) is 0 Å². The molecule has 8 heteroatoms. The molecule has 0 radical (unpaired) electrons. The second-order valence-electron chi connectivity index (χ2n) is 3.81.